The predicted molar refractivity (Wildman–Crippen MR) is 78.1 cm³/mol. The molecule has 0 heterocycles. The molecule has 1 unspecified atom stereocenters. The summed E-state index contributed by atoms with van der Waals surface area (Å²) in [5.41, 5.74) is 1.32. The van der Waals surface area contributed by atoms with E-state index >= 15 is 0 Å². The van der Waals surface area contributed by atoms with Crippen LogP contribution in [0.1, 0.15) is 31.7 Å². The minimum Gasteiger partial charge on any atom is -0.493 e. The fourth-order valence-electron chi connectivity index (χ4n) is 2.62. The van der Waals surface area contributed by atoms with Crippen LogP contribution in [0, 0.1) is 5.92 Å². The van der Waals surface area contributed by atoms with Crippen molar-refractivity contribution in [3.05, 3.63) is 23.8 Å². The quantitative estimate of drug-likeness (QED) is 0.782. The summed E-state index contributed by atoms with van der Waals surface area (Å²) in [4.78, 5) is 0. The molecule has 0 amide bonds. The number of benzene rings is 1. The average molecular weight is 263 g/mol. The zero-order chi connectivity index (χ0) is 13.7. The van der Waals surface area contributed by atoms with Gasteiger partial charge in [-0.05, 0) is 55.8 Å². The van der Waals surface area contributed by atoms with Gasteiger partial charge in [0.15, 0.2) is 11.5 Å². The Labute approximate surface area is 116 Å². The van der Waals surface area contributed by atoms with Crippen molar-refractivity contribution in [2.45, 2.75) is 38.6 Å². The Balaban J connectivity index is 1.94. The Morgan fingerprint density at radius 2 is 1.95 bits per heavy atom. The lowest BCUT2D eigenvalue weighted by Crippen LogP contribution is -2.31. The van der Waals surface area contributed by atoms with Crippen LogP contribution >= 0.6 is 0 Å². The van der Waals surface area contributed by atoms with Crippen molar-refractivity contribution in [1.82, 2.24) is 5.32 Å². The SMILES string of the molecule is CCNC(CCc1ccc(OC)c(OC)c1)C1CC1. The molecule has 1 aromatic rings. The van der Waals surface area contributed by atoms with Crippen molar-refractivity contribution in [2.75, 3.05) is 20.8 Å². The van der Waals surface area contributed by atoms with Crippen LogP contribution in [0.3, 0.4) is 0 Å². The van der Waals surface area contributed by atoms with E-state index < -0.39 is 0 Å². The van der Waals surface area contributed by atoms with Crippen LogP contribution in [0.4, 0.5) is 0 Å². The summed E-state index contributed by atoms with van der Waals surface area (Å²) < 4.78 is 10.6. The third-order valence-corrected chi connectivity index (χ3v) is 3.85. The van der Waals surface area contributed by atoms with E-state index in [1.165, 1.54) is 24.8 Å². The van der Waals surface area contributed by atoms with Crippen molar-refractivity contribution >= 4 is 0 Å². The largest absolute Gasteiger partial charge is 0.493 e. The molecule has 0 saturated heterocycles. The molecule has 0 aromatic heterocycles. The summed E-state index contributed by atoms with van der Waals surface area (Å²) in [5, 5.41) is 3.61. The molecule has 2 rings (SSSR count). The highest BCUT2D eigenvalue weighted by molar-refractivity contribution is 5.42. The number of hydrogen-bond acceptors (Lipinski definition) is 3. The molecule has 0 radical (unpaired) electrons. The van der Waals surface area contributed by atoms with Crippen molar-refractivity contribution in [1.29, 1.82) is 0 Å². The zero-order valence-electron chi connectivity index (χ0n) is 12.2. The fraction of sp³-hybridized carbons (Fsp3) is 0.625. The smallest absolute Gasteiger partial charge is 0.160 e. The molecule has 0 bridgehead atoms. The average Bonchev–Trinajstić information content (AvgIpc) is 3.27. The highest BCUT2D eigenvalue weighted by atomic mass is 16.5. The number of rotatable bonds is 8. The number of nitrogens with one attached hydrogen (secondary N) is 1. The summed E-state index contributed by atoms with van der Waals surface area (Å²) in [6, 6.07) is 6.90. The third kappa shape index (κ3) is 3.87. The second kappa shape index (κ2) is 6.80. The van der Waals surface area contributed by atoms with Crippen molar-refractivity contribution < 1.29 is 9.47 Å². The molecular formula is C16H25NO2. The summed E-state index contributed by atoms with van der Waals surface area (Å²) in [7, 11) is 3.36. The van der Waals surface area contributed by atoms with Gasteiger partial charge in [-0.1, -0.05) is 13.0 Å². The first-order chi connectivity index (χ1) is 9.28. The first kappa shape index (κ1) is 14.2. The maximum absolute atomic E-state index is 5.35. The highest BCUT2D eigenvalue weighted by Gasteiger charge is 2.30. The van der Waals surface area contributed by atoms with Gasteiger partial charge in [0, 0.05) is 6.04 Å². The normalized spacial score (nSPS) is 16.2. The van der Waals surface area contributed by atoms with Gasteiger partial charge in [0.05, 0.1) is 14.2 Å². The topological polar surface area (TPSA) is 30.5 Å². The minimum atomic E-state index is 0.679. The summed E-state index contributed by atoms with van der Waals surface area (Å²) in [6.45, 7) is 3.25. The van der Waals surface area contributed by atoms with Gasteiger partial charge in [0.1, 0.15) is 0 Å². The van der Waals surface area contributed by atoms with Crippen molar-refractivity contribution in [2.24, 2.45) is 5.92 Å². The summed E-state index contributed by atoms with van der Waals surface area (Å²) in [5.74, 6) is 2.53. The van der Waals surface area contributed by atoms with Gasteiger partial charge in [-0.25, -0.2) is 0 Å². The molecule has 0 spiro atoms. The molecule has 1 N–H and O–H groups in total. The maximum Gasteiger partial charge on any atom is 0.160 e. The van der Waals surface area contributed by atoms with Gasteiger partial charge >= 0.3 is 0 Å². The molecule has 1 aromatic carbocycles. The lowest BCUT2D eigenvalue weighted by molar-refractivity contribution is 0.354. The van der Waals surface area contributed by atoms with E-state index in [1.54, 1.807) is 14.2 Å². The molecule has 3 nitrogen and oxygen atoms in total. The van der Waals surface area contributed by atoms with Crippen LogP contribution in [-0.4, -0.2) is 26.8 Å². The highest BCUT2D eigenvalue weighted by Crippen LogP contribution is 2.35. The Morgan fingerprint density at radius 1 is 1.21 bits per heavy atom. The lowest BCUT2D eigenvalue weighted by Gasteiger charge is -2.17. The Kier molecular flexibility index (Phi) is 5.08. The van der Waals surface area contributed by atoms with Gasteiger partial charge in [-0.2, -0.15) is 0 Å². The van der Waals surface area contributed by atoms with Crippen LogP contribution in [0.5, 0.6) is 11.5 Å². The first-order valence-electron chi connectivity index (χ1n) is 7.22. The second-order valence-electron chi connectivity index (χ2n) is 5.23. The molecule has 106 valence electrons. The van der Waals surface area contributed by atoms with E-state index in [0.717, 1.165) is 30.4 Å². The van der Waals surface area contributed by atoms with Gasteiger partial charge in [-0.15, -0.1) is 0 Å². The summed E-state index contributed by atoms with van der Waals surface area (Å²) >= 11 is 0. The first-order valence-corrected chi connectivity index (χ1v) is 7.22. The second-order valence-corrected chi connectivity index (χ2v) is 5.23. The zero-order valence-corrected chi connectivity index (χ0v) is 12.2. The monoisotopic (exact) mass is 263 g/mol. The van der Waals surface area contributed by atoms with E-state index in [0.29, 0.717) is 6.04 Å². The molecule has 1 atom stereocenters. The number of aryl methyl sites for hydroxylation is 1. The van der Waals surface area contributed by atoms with Crippen LogP contribution in [0.2, 0.25) is 0 Å². The summed E-state index contributed by atoms with van der Waals surface area (Å²) in [6.07, 6.45) is 5.08. The Morgan fingerprint density at radius 3 is 2.53 bits per heavy atom. The predicted octanol–water partition coefficient (Wildman–Crippen LogP) is 3.02. The molecular weight excluding hydrogens is 238 g/mol. The van der Waals surface area contributed by atoms with Crippen molar-refractivity contribution in [3.63, 3.8) is 0 Å². The van der Waals surface area contributed by atoms with Gasteiger partial charge in [0.25, 0.3) is 0 Å². The van der Waals surface area contributed by atoms with Crippen LogP contribution in [0.15, 0.2) is 18.2 Å². The van der Waals surface area contributed by atoms with E-state index in [2.05, 4.69) is 24.4 Å². The van der Waals surface area contributed by atoms with Crippen LogP contribution in [-0.2, 0) is 6.42 Å². The molecule has 3 heteroatoms. The maximum atomic E-state index is 5.35. The standard InChI is InChI=1S/C16H25NO2/c1-4-17-14(13-7-8-13)9-5-12-6-10-15(18-2)16(11-12)19-3/h6,10-11,13-14,17H,4-5,7-9H2,1-3H3. The van der Waals surface area contributed by atoms with Crippen LogP contribution < -0.4 is 14.8 Å². The molecule has 1 aliphatic carbocycles. The van der Waals surface area contributed by atoms with E-state index in [9.17, 15) is 0 Å². The molecule has 1 aliphatic rings. The Hall–Kier alpha value is -1.22. The van der Waals surface area contributed by atoms with E-state index in [4.69, 9.17) is 9.47 Å². The number of methoxy groups -OCH3 is 2. The van der Waals surface area contributed by atoms with E-state index in [1.807, 2.05) is 6.07 Å². The van der Waals surface area contributed by atoms with Crippen LogP contribution in [0.25, 0.3) is 0 Å². The lowest BCUT2D eigenvalue weighted by atomic mass is 10.0. The number of hydrogen-bond donors (Lipinski definition) is 1. The molecule has 0 aliphatic heterocycles. The molecule has 1 saturated carbocycles. The molecule has 19 heavy (non-hydrogen) atoms. The number of ether oxygens (including phenoxy) is 2. The van der Waals surface area contributed by atoms with Gasteiger partial charge in [-0.3, -0.25) is 0 Å². The van der Waals surface area contributed by atoms with E-state index in [-0.39, 0.29) is 0 Å². The van der Waals surface area contributed by atoms with Gasteiger partial charge in [0.2, 0.25) is 0 Å². The fourth-order valence-corrected chi connectivity index (χ4v) is 2.62. The minimum absolute atomic E-state index is 0.679. The van der Waals surface area contributed by atoms with Gasteiger partial charge < -0.3 is 14.8 Å². The molecule has 1 fully saturated rings. The third-order valence-electron chi connectivity index (χ3n) is 3.85. The van der Waals surface area contributed by atoms with Crippen molar-refractivity contribution in [3.8, 4) is 11.5 Å². The Bertz CT molecular complexity index is 402.